The van der Waals surface area contributed by atoms with Crippen molar-refractivity contribution in [3.8, 4) is 0 Å². The number of piperazine rings is 2. The van der Waals surface area contributed by atoms with E-state index in [-0.39, 0.29) is 87.9 Å². The van der Waals surface area contributed by atoms with Gasteiger partial charge in [0.05, 0.1) is 33.8 Å². The van der Waals surface area contributed by atoms with Crippen molar-refractivity contribution < 1.29 is 40.7 Å². The molecule has 2 aromatic carbocycles. The molecule has 4 aromatic heterocycles. The van der Waals surface area contributed by atoms with Gasteiger partial charge in [0.25, 0.3) is 23.0 Å². The number of primary amides is 3. The summed E-state index contributed by atoms with van der Waals surface area (Å²) in [6, 6.07) is 16.8. The van der Waals surface area contributed by atoms with Crippen LogP contribution in [0.3, 0.4) is 0 Å². The van der Waals surface area contributed by atoms with E-state index in [0.717, 1.165) is 61.5 Å². The van der Waals surface area contributed by atoms with Crippen LogP contribution in [0.25, 0.3) is 0 Å². The molecule has 3 radical (unpaired) electrons. The second kappa shape index (κ2) is 38.5. The van der Waals surface area contributed by atoms with Gasteiger partial charge in [-0.3, -0.25) is 19.2 Å². The molecule has 0 atom stereocenters. The maximum Gasteiger partial charge on any atom is 0.257 e. The molecular weight excluding hydrogens is 1380 g/mol. The van der Waals surface area contributed by atoms with Crippen LogP contribution in [-0.2, 0) is 20.0 Å². The third-order valence-corrected chi connectivity index (χ3v) is 18.3. The van der Waals surface area contributed by atoms with Crippen molar-refractivity contribution in [3.63, 3.8) is 0 Å². The first-order valence-electron chi connectivity index (χ1n) is 27.5. The Morgan fingerprint density at radius 3 is 1.23 bits per heavy atom. The van der Waals surface area contributed by atoms with Gasteiger partial charge >= 0.3 is 0 Å². The van der Waals surface area contributed by atoms with E-state index in [4.69, 9.17) is 98.3 Å². The number of halogens is 7. The molecule has 13 N–H and O–H groups in total. The highest BCUT2D eigenvalue weighted by molar-refractivity contribution is 7.89. The number of nitrogens with zero attached hydrogens (tertiary/aromatic N) is 12. The fourth-order valence-corrected chi connectivity index (χ4v) is 11.0. The van der Waals surface area contributed by atoms with Crippen LogP contribution in [-0.4, -0.2) is 179 Å². The highest BCUT2D eigenvalue weighted by Gasteiger charge is 2.28. The van der Waals surface area contributed by atoms with E-state index >= 15 is 0 Å². The Bertz CT molecular complexity index is 3600. The van der Waals surface area contributed by atoms with E-state index in [1.54, 1.807) is 22.5 Å². The predicted octanol–water partition coefficient (Wildman–Crippen LogP) is 3.77. The summed E-state index contributed by atoms with van der Waals surface area (Å²) in [5.74, 6) is -0.228. The van der Waals surface area contributed by atoms with Crippen LogP contribution in [0.15, 0.2) is 73.3 Å². The van der Waals surface area contributed by atoms with E-state index in [1.165, 1.54) is 37.6 Å². The van der Waals surface area contributed by atoms with Crippen LogP contribution < -0.4 is 59.1 Å². The molecule has 93 heavy (non-hydrogen) atoms. The number of nitrogen functional groups attached to an aromatic ring is 1. The molecule has 5 aliphatic rings. The Morgan fingerprint density at radius 1 is 0.538 bits per heavy atom. The fourth-order valence-electron chi connectivity index (χ4n) is 7.68. The number of aromatic nitrogens is 8. The van der Waals surface area contributed by atoms with Crippen LogP contribution in [0, 0.1) is 7.43 Å². The number of carbonyl (C=O) groups excluding carboxylic acids is 4. The maximum atomic E-state index is 12.0. The molecule has 0 bridgehead atoms. The van der Waals surface area contributed by atoms with Crippen molar-refractivity contribution in [1.29, 1.82) is 0 Å². The summed E-state index contributed by atoms with van der Waals surface area (Å²) in [4.78, 5) is 78.4. The highest BCUT2D eigenvalue weighted by Crippen LogP contribution is 2.29. The van der Waals surface area contributed by atoms with Crippen molar-refractivity contribution in [2.45, 2.75) is 77.9 Å². The van der Waals surface area contributed by atoms with Gasteiger partial charge in [-0.15, -0.1) is 0 Å². The molecule has 6 heterocycles. The van der Waals surface area contributed by atoms with Crippen molar-refractivity contribution >= 4 is 161 Å². The quantitative estimate of drug-likeness (QED) is 0.0171. The second-order valence-electron chi connectivity index (χ2n) is 19.9. The molecule has 0 spiro atoms. The third-order valence-electron chi connectivity index (χ3n) is 13.2. The van der Waals surface area contributed by atoms with Crippen LogP contribution in [0.4, 0.5) is 40.3 Å². The Morgan fingerprint density at radius 2 is 0.882 bits per heavy atom. The van der Waals surface area contributed by atoms with Gasteiger partial charge in [-0.25, -0.2) is 46.7 Å². The van der Waals surface area contributed by atoms with Gasteiger partial charge in [-0.05, 0) is 147 Å². The molecule has 5 fully saturated rings. The number of sulfonamides is 2. The van der Waals surface area contributed by atoms with Crippen molar-refractivity contribution in [1.82, 2.24) is 48.5 Å². The van der Waals surface area contributed by atoms with E-state index in [1.807, 2.05) is 48.5 Å². The first-order chi connectivity index (χ1) is 42.2. The Kier molecular flexibility index (Phi) is 34.0. The topological polar surface area (TPSA) is 419 Å². The number of benzene rings is 2. The number of hydrogen-bond donors (Lipinski definition) is 8. The van der Waals surface area contributed by atoms with E-state index in [0.29, 0.717) is 75.0 Å². The standard InChI is InChI=1S/C20H27N7O3S.C12H19N3O2S.C8H9ClN4O.C5HCl3N2O.C5H3Cl2N3O.C3H7N.CH4.CH3.B.FH/c1-2-31(29,30)27-11-9-26(10-12-27)16-7-5-15(6-8-16)24-20-22-13-17(18(21)28)19(25-20)23-14-3-4-14;1-2-18(16,17)15-9-7-14(8-10-15)12-5-3-11(13)4-6-12;9-8-11-3-5(6(10)14)7(13-8)12-4-1-2-4;6-3-2(4(7)11)1-9-5(8)10-3;6-3-2(4(8)11)1-9-5(7)10-3;4-3-1-2-3;;;;/h5-8,13-14H,2-4,9-12H2,1H3,(H2,21,28)(H2,22,23,24,25);3-6H,2,7-10,13H2,1H3;3-4H,1-2H2,(H2,10,14)(H,11,12,13);1H;1H,(H2,8,11);3H,1-2,4H2;1H4;1H3;;1H/q;;;;;;;-1;;/p-1. The van der Waals surface area contributed by atoms with Crippen molar-refractivity contribution in [3.05, 3.63) is 129 Å². The van der Waals surface area contributed by atoms with E-state index in [9.17, 15) is 36.0 Å². The Hall–Kier alpha value is -6.85. The molecule has 0 unspecified atom stereocenters. The number of hydrogen-bond acceptors (Lipinski definition) is 23. The smallest absolute Gasteiger partial charge is 0.257 e. The Balaban J connectivity index is 0.000000409. The summed E-state index contributed by atoms with van der Waals surface area (Å²) in [5.41, 5.74) is 30.7. The summed E-state index contributed by atoms with van der Waals surface area (Å²) < 4.78 is 50.6. The van der Waals surface area contributed by atoms with Gasteiger partial charge in [-0.2, -0.15) is 18.6 Å². The number of amides is 3. The second-order valence-corrected chi connectivity index (χ2v) is 26.5. The number of anilines is 7. The lowest BCUT2D eigenvalue weighted by Crippen LogP contribution is -3.00. The lowest BCUT2D eigenvalue weighted by molar-refractivity contribution is -0.0000544. The number of nitrogens with one attached hydrogen (secondary N) is 3. The van der Waals surface area contributed by atoms with Gasteiger partial charge in [-0.1, -0.05) is 30.6 Å². The first kappa shape index (κ1) is 82.2. The molecule has 3 saturated carbocycles. The molecule has 507 valence electrons. The zero-order valence-electron chi connectivity index (χ0n) is 50.0. The largest absolute Gasteiger partial charge is 1.00 e. The van der Waals surface area contributed by atoms with Gasteiger partial charge in [0, 0.05) is 126 Å². The van der Waals surface area contributed by atoms with Gasteiger partial charge in [0.2, 0.25) is 41.8 Å². The molecule has 6 aromatic rings. The molecule has 11 rings (SSSR count). The summed E-state index contributed by atoms with van der Waals surface area (Å²) in [7, 11) is -6.18. The van der Waals surface area contributed by atoms with Crippen LogP contribution in [0.5, 0.6) is 0 Å². The summed E-state index contributed by atoms with van der Waals surface area (Å²) in [5, 5.41) is 8.74. The molecule has 3 aliphatic carbocycles. The highest BCUT2D eigenvalue weighted by atomic mass is 35.5. The molecule has 38 heteroatoms. The Labute approximate surface area is 572 Å². The van der Waals surface area contributed by atoms with E-state index in [2.05, 4.69) is 65.6 Å². The normalized spacial score (nSPS) is 15.0. The predicted molar refractivity (Wildman–Crippen MR) is 365 cm³/mol. The molecule has 2 aliphatic heterocycles. The zero-order valence-corrected chi connectivity index (χ0v) is 56.2. The molecular formula is C55H73BCl6FN20O8S2-2. The number of rotatable bonds is 16. The fraction of sp³-hybridized carbons (Fsp3) is 0.400. The van der Waals surface area contributed by atoms with E-state index < -0.39 is 43.0 Å². The van der Waals surface area contributed by atoms with Gasteiger partial charge < -0.3 is 66.5 Å². The molecule has 28 nitrogen and oxygen atoms in total. The first-order valence-corrected chi connectivity index (χ1v) is 33.0. The summed E-state index contributed by atoms with van der Waals surface area (Å²) in [6.45, 7) is 8.21. The SMILES string of the molecule is C.CCS(=O)(=O)N1CCN(c2ccc(N)cc2)CC1.CCS(=O)(=O)N1CCN(c2ccc(Nc3ncc(C(N)=O)c(NC4CC4)n3)cc2)CC1.NC(=O)c1cnc(Cl)nc1Cl.NC(=O)c1cnc(Cl)nc1NC1CC1.NC1CC1.O=C(Cl)c1cnc(Cl)nc1Cl.[B].[CH3-].[F-]. The molecule has 2 saturated heterocycles. The zero-order chi connectivity index (χ0) is 65.2. The van der Waals surface area contributed by atoms with Crippen LogP contribution in [0.2, 0.25) is 26.2 Å². The average Bonchev–Trinajstić information content (AvgIpc) is 1.71. The van der Waals surface area contributed by atoms with Crippen molar-refractivity contribution in [2.24, 2.45) is 22.9 Å². The van der Waals surface area contributed by atoms with Crippen molar-refractivity contribution in [2.75, 3.05) is 95.3 Å². The van der Waals surface area contributed by atoms with Gasteiger partial charge in [0.1, 0.15) is 21.9 Å². The minimum absolute atomic E-state index is 0. The minimum atomic E-state index is -3.14. The lowest BCUT2D eigenvalue weighted by Gasteiger charge is -2.35. The minimum Gasteiger partial charge on any atom is -1.00 e. The molecule has 3 amide bonds. The van der Waals surface area contributed by atoms with Gasteiger partial charge in [0.15, 0.2) is 0 Å². The third kappa shape index (κ3) is 26.8. The number of nitrogens with two attached hydrogens (primary N) is 5. The maximum absolute atomic E-state index is 12.0. The average molecular weight is 1450 g/mol. The number of carbonyl (C=O) groups is 4. The summed E-state index contributed by atoms with van der Waals surface area (Å²) >= 11 is 32.4. The lowest BCUT2D eigenvalue weighted by atomic mass is 10.2. The monoisotopic (exact) mass is 1450 g/mol. The van der Waals surface area contributed by atoms with Crippen LogP contribution in [0.1, 0.15) is 101 Å². The summed E-state index contributed by atoms with van der Waals surface area (Å²) in [6.07, 6.45) is 11.9. The van der Waals surface area contributed by atoms with Crippen LogP contribution >= 0.6 is 69.6 Å².